The number of hydrogen-bond donors (Lipinski definition) is 1. The number of aryl methyl sites for hydroxylation is 1. The highest BCUT2D eigenvalue weighted by atomic mass is 16.3. The van der Waals surface area contributed by atoms with Gasteiger partial charge in [0.25, 0.3) is 0 Å². The Balaban J connectivity index is 1.59. The summed E-state index contributed by atoms with van der Waals surface area (Å²) < 4.78 is 0. The molecule has 1 atom stereocenters. The standard InChI is InChI=1S/C19H29N3O2/c1-20-11-13-21(14-12-20)19(24)22-10-3-2-6-17(22)9-8-16-5-4-7-18(23)15-16/h4-5,7,15,17,23H,2-3,6,8-14H2,1H3. The third kappa shape index (κ3) is 4.20. The number of rotatable bonds is 3. The van der Waals surface area contributed by atoms with E-state index < -0.39 is 0 Å². The first-order valence-electron chi connectivity index (χ1n) is 9.15. The predicted molar refractivity (Wildman–Crippen MR) is 95.2 cm³/mol. The molecule has 0 radical (unpaired) electrons. The summed E-state index contributed by atoms with van der Waals surface area (Å²) in [5.41, 5.74) is 1.15. The number of carbonyl (C=O) groups excluding carboxylic acids is 1. The zero-order chi connectivity index (χ0) is 16.9. The lowest BCUT2D eigenvalue weighted by atomic mass is 9.96. The van der Waals surface area contributed by atoms with Crippen molar-refractivity contribution >= 4 is 6.03 Å². The summed E-state index contributed by atoms with van der Waals surface area (Å²) in [7, 11) is 2.11. The molecular formula is C19H29N3O2. The first-order valence-corrected chi connectivity index (χ1v) is 9.15. The summed E-state index contributed by atoms with van der Waals surface area (Å²) >= 11 is 0. The minimum absolute atomic E-state index is 0.226. The highest BCUT2D eigenvalue weighted by Gasteiger charge is 2.30. The monoisotopic (exact) mass is 331 g/mol. The number of phenols is 1. The number of phenolic OH excluding ortho intramolecular Hbond substituents is 1. The summed E-state index contributed by atoms with van der Waals surface area (Å²) in [6.45, 7) is 4.49. The molecule has 1 unspecified atom stereocenters. The van der Waals surface area contributed by atoms with Crippen LogP contribution >= 0.6 is 0 Å². The van der Waals surface area contributed by atoms with Crippen LogP contribution < -0.4 is 0 Å². The first-order chi connectivity index (χ1) is 11.6. The van der Waals surface area contributed by atoms with Gasteiger partial charge >= 0.3 is 6.03 Å². The molecule has 2 aliphatic heterocycles. The van der Waals surface area contributed by atoms with Crippen LogP contribution in [0.4, 0.5) is 4.79 Å². The number of piperazine rings is 1. The van der Waals surface area contributed by atoms with Crippen molar-refractivity contribution in [3.05, 3.63) is 29.8 Å². The summed E-state index contributed by atoms with van der Waals surface area (Å²) in [6, 6.07) is 8.02. The zero-order valence-electron chi connectivity index (χ0n) is 14.7. The molecule has 1 aromatic rings. The SMILES string of the molecule is CN1CCN(C(=O)N2CCCCC2CCc2cccc(O)c2)CC1. The van der Waals surface area contributed by atoms with Crippen LogP contribution in [0.15, 0.2) is 24.3 Å². The molecule has 0 aromatic heterocycles. The number of likely N-dealkylation sites (N-methyl/N-ethyl adjacent to an activating group) is 1. The maximum absolute atomic E-state index is 12.9. The van der Waals surface area contributed by atoms with Crippen LogP contribution in [-0.4, -0.2) is 71.7 Å². The molecule has 0 aliphatic carbocycles. The summed E-state index contributed by atoms with van der Waals surface area (Å²) in [5, 5.41) is 9.61. The van der Waals surface area contributed by atoms with Crippen molar-refractivity contribution < 1.29 is 9.90 Å². The fraction of sp³-hybridized carbons (Fsp3) is 0.632. The molecular weight excluding hydrogens is 302 g/mol. The normalized spacial score (nSPS) is 22.6. The van der Waals surface area contributed by atoms with E-state index in [1.807, 2.05) is 17.0 Å². The van der Waals surface area contributed by atoms with E-state index in [0.29, 0.717) is 11.8 Å². The van der Waals surface area contributed by atoms with Gasteiger partial charge < -0.3 is 19.8 Å². The average molecular weight is 331 g/mol. The van der Waals surface area contributed by atoms with E-state index in [2.05, 4.69) is 22.9 Å². The number of nitrogens with zero attached hydrogens (tertiary/aromatic N) is 3. The topological polar surface area (TPSA) is 47.0 Å². The molecule has 2 aliphatic rings. The van der Waals surface area contributed by atoms with Crippen molar-refractivity contribution in [3.63, 3.8) is 0 Å². The van der Waals surface area contributed by atoms with E-state index in [1.54, 1.807) is 6.07 Å². The van der Waals surface area contributed by atoms with Crippen molar-refractivity contribution in [1.29, 1.82) is 0 Å². The summed E-state index contributed by atoms with van der Waals surface area (Å²) in [6.07, 6.45) is 5.30. The lowest BCUT2D eigenvalue weighted by Crippen LogP contribution is -2.55. The number of urea groups is 1. The molecule has 3 rings (SSSR count). The number of piperidine rings is 1. The smallest absolute Gasteiger partial charge is 0.320 e. The van der Waals surface area contributed by atoms with E-state index >= 15 is 0 Å². The van der Waals surface area contributed by atoms with Gasteiger partial charge in [0.2, 0.25) is 0 Å². The van der Waals surface area contributed by atoms with Crippen LogP contribution in [0.2, 0.25) is 0 Å². The molecule has 24 heavy (non-hydrogen) atoms. The Bertz CT molecular complexity index is 555. The Morgan fingerprint density at radius 1 is 1.17 bits per heavy atom. The van der Waals surface area contributed by atoms with Crippen LogP contribution in [0.25, 0.3) is 0 Å². The maximum atomic E-state index is 12.9. The van der Waals surface area contributed by atoms with E-state index in [-0.39, 0.29) is 6.03 Å². The van der Waals surface area contributed by atoms with Crippen molar-refractivity contribution in [1.82, 2.24) is 14.7 Å². The third-order valence-electron chi connectivity index (χ3n) is 5.32. The molecule has 5 nitrogen and oxygen atoms in total. The second-order valence-electron chi connectivity index (χ2n) is 7.12. The van der Waals surface area contributed by atoms with Gasteiger partial charge in [-0.1, -0.05) is 12.1 Å². The molecule has 0 spiro atoms. The first kappa shape index (κ1) is 17.1. The molecule has 0 bridgehead atoms. The number of aromatic hydroxyl groups is 1. The number of hydrogen-bond acceptors (Lipinski definition) is 3. The summed E-state index contributed by atoms with van der Waals surface area (Å²) in [4.78, 5) is 19.3. The molecule has 2 fully saturated rings. The fourth-order valence-corrected chi connectivity index (χ4v) is 3.78. The van der Waals surface area contributed by atoms with Crippen LogP contribution in [0.5, 0.6) is 5.75 Å². The number of amides is 2. The maximum Gasteiger partial charge on any atom is 0.320 e. The Morgan fingerprint density at radius 3 is 2.71 bits per heavy atom. The van der Waals surface area contributed by atoms with Crippen molar-refractivity contribution in [3.8, 4) is 5.75 Å². The second-order valence-corrected chi connectivity index (χ2v) is 7.12. The molecule has 1 aromatic carbocycles. The molecule has 5 heteroatoms. The van der Waals surface area contributed by atoms with Gasteiger partial charge in [0.1, 0.15) is 5.75 Å². The van der Waals surface area contributed by atoms with Crippen LogP contribution in [0.1, 0.15) is 31.2 Å². The van der Waals surface area contributed by atoms with E-state index in [0.717, 1.165) is 64.0 Å². The van der Waals surface area contributed by atoms with Crippen molar-refractivity contribution in [2.75, 3.05) is 39.8 Å². The van der Waals surface area contributed by atoms with Gasteiger partial charge in [-0.25, -0.2) is 4.79 Å². The highest BCUT2D eigenvalue weighted by Crippen LogP contribution is 2.24. The molecule has 132 valence electrons. The summed E-state index contributed by atoms with van der Waals surface area (Å²) in [5.74, 6) is 0.321. The fourth-order valence-electron chi connectivity index (χ4n) is 3.78. The van der Waals surface area contributed by atoms with Crippen LogP contribution in [-0.2, 0) is 6.42 Å². The second kappa shape index (κ2) is 7.88. The van der Waals surface area contributed by atoms with Crippen molar-refractivity contribution in [2.24, 2.45) is 0 Å². The lowest BCUT2D eigenvalue weighted by molar-refractivity contribution is 0.0928. The number of carbonyl (C=O) groups is 1. The van der Waals surface area contributed by atoms with Gasteiger partial charge in [-0.05, 0) is 56.8 Å². The van der Waals surface area contributed by atoms with E-state index in [1.165, 1.54) is 6.42 Å². The molecule has 2 heterocycles. The lowest BCUT2D eigenvalue weighted by Gasteiger charge is -2.41. The Labute approximate surface area is 144 Å². The molecule has 0 saturated carbocycles. The Morgan fingerprint density at radius 2 is 1.96 bits per heavy atom. The van der Waals surface area contributed by atoms with Gasteiger partial charge in [-0.15, -0.1) is 0 Å². The largest absolute Gasteiger partial charge is 0.508 e. The minimum atomic E-state index is 0.226. The van der Waals surface area contributed by atoms with Gasteiger partial charge in [0, 0.05) is 38.8 Å². The van der Waals surface area contributed by atoms with Crippen LogP contribution in [0, 0.1) is 0 Å². The molecule has 1 N–H and O–H groups in total. The quantitative estimate of drug-likeness (QED) is 0.926. The van der Waals surface area contributed by atoms with Gasteiger partial charge in [-0.3, -0.25) is 0 Å². The minimum Gasteiger partial charge on any atom is -0.508 e. The van der Waals surface area contributed by atoms with Crippen molar-refractivity contribution in [2.45, 2.75) is 38.1 Å². The number of likely N-dealkylation sites (tertiary alicyclic amines) is 1. The Hall–Kier alpha value is -1.75. The Kier molecular flexibility index (Phi) is 5.61. The average Bonchev–Trinajstić information content (AvgIpc) is 2.60. The molecule has 2 saturated heterocycles. The highest BCUT2D eigenvalue weighted by molar-refractivity contribution is 5.75. The van der Waals surface area contributed by atoms with E-state index in [9.17, 15) is 9.90 Å². The predicted octanol–water partition coefficient (Wildman–Crippen LogP) is 2.55. The zero-order valence-corrected chi connectivity index (χ0v) is 14.7. The van der Waals surface area contributed by atoms with Gasteiger partial charge in [0.15, 0.2) is 0 Å². The van der Waals surface area contributed by atoms with Gasteiger partial charge in [-0.2, -0.15) is 0 Å². The number of benzene rings is 1. The molecule has 2 amide bonds. The van der Waals surface area contributed by atoms with Crippen LogP contribution in [0.3, 0.4) is 0 Å². The van der Waals surface area contributed by atoms with E-state index in [4.69, 9.17) is 0 Å². The third-order valence-corrected chi connectivity index (χ3v) is 5.32. The van der Waals surface area contributed by atoms with Gasteiger partial charge in [0.05, 0.1) is 0 Å².